The van der Waals surface area contributed by atoms with Gasteiger partial charge in [0, 0.05) is 19.1 Å². The maximum absolute atomic E-state index is 10.6. The zero-order valence-electron chi connectivity index (χ0n) is 6.50. The van der Waals surface area contributed by atoms with E-state index in [2.05, 4.69) is 0 Å². The van der Waals surface area contributed by atoms with Gasteiger partial charge in [0.25, 0.3) is 0 Å². The van der Waals surface area contributed by atoms with Crippen LogP contribution in [0.4, 0.5) is 4.79 Å². The Kier molecular flexibility index (Phi) is 3.79. The van der Waals surface area contributed by atoms with E-state index in [0.717, 1.165) is 0 Å². The Bertz CT molecular complexity index is 114. The van der Waals surface area contributed by atoms with Gasteiger partial charge in [-0.05, 0) is 13.8 Å². The molecule has 0 aliphatic carbocycles. The Balaban J connectivity index is 3.85. The number of carbonyl (C=O) groups is 1. The van der Waals surface area contributed by atoms with Gasteiger partial charge >= 0.3 is 6.03 Å². The van der Waals surface area contributed by atoms with Crippen LogP contribution in [-0.4, -0.2) is 30.1 Å². The molecule has 0 aromatic rings. The highest BCUT2D eigenvalue weighted by molar-refractivity contribution is 5.72. The molecule has 0 rings (SSSR count). The van der Waals surface area contributed by atoms with Crippen molar-refractivity contribution in [1.29, 1.82) is 0 Å². The molecule has 0 saturated heterocycles. The maximum Gasteiger partial charge on any atom is 0.315 e. The minimum atomic E-state index is -0.402. The minimum Gasteiger partial charge on any atom is -0.351 e. The van der Waals surface area contributed by atoms with Crippen LogP contribution in [0, 0.1) is 0 Å². The average Bonchev–Trinajstić information content (AvgIpc) is 1.81. The van der Waals surface area contributed by atoms with E-state index in [9.17, 15) is 4.79 Å². The van der Waals surface area contributed by atoms with E-state index in [-0.39, 0.29) is 6.04 Å². The van der Waals surface area contributed by atoms with Crippen LogP contribution in [0.1, 0.15) is 13.8 Å². The lowest BCUT2D eigenvalue weighted by Crippen LogP contribution is -2.43. The fourth-order valence-electron chi connectivity index (χ4n) is 0.762. The van der Waals surface area contributed by atoms with Crippen LogP contribution < -0.4 is 11.5 Å². The SMILES string of the molecule is CC(C)N(CCN)C(N)=O. The maximum atomic E-state index is 10.6. The molecule has 0 unspecified atom stereocenters. The largest absolute Gasteiger partial charge is 0.351 e. The summed E-state index contributed by atoms with van der Waals surface area (Å²) in [5.41, 5.74) is 10.3. The van der Waals surface area contributed by atoms with E-state index in [4.69, 9.17) is 11.5 Å². The van der Waals surface area contributed by atoms with Crippen molar-refractivity contribution in [3.63, 3.8) is 0 Å². The molecule has 0 aliphatic heterocycles. The first-order valence-corrected chi connectivity index (χ1v) is 3.35. The van der Waals surface area contributed by atoms with E-state index in [1.807, 2.05) is 13.8 Å². The van der Waals surface area contributed by atoms with Gasteiger partial charge in [-0.3, -0.25) is 0 Å². The number of primary amides is 1. The number of urea groups is 1. The zero-order valence-corrected chi connectivity index (χ0v) is 6.50. The first-order valence-electron chi connectivity index (χ1n) is 3.35. The molecule has 10 heavy (non-hydrogen) atoms. The Morgan fingerprint density at radius 1 is 1.60 bits per heavy atom. The van der Waals surface area contributed by atoms with Gasteiger partial charge in [0.2, 0.25) is 0 Å². The van der Waals surface area contributed by atoms with Crippen LogP contribution in [-0.2, 0) is 0 Å². The summed E-state index contributed by atoms with van der Waals surface area (Å²) >= 11 is 0. The lowest BCUT2D eigenvalue weighted by atomic mass is 10.3. The van der Waals surface area contributed by atoms with Crippen molar-refractivity contribution in [2.45, 2.75) is 19.9 Å². The van der Waals surface area contributed by atoms with Gasteiger partial charge in [0.1, 0.15) is 0 Å². The van der Waals surface area contributed by atoms with Crippen molar-refractivity contribution in [1.82, 2.24) is 4.90 Å². The fourth-order valence-corrected chi connectivity index (χ4v) is 0.762. The second-order valence-electron chi connectivity index (χ2n) is 2.41. The van der Waals surface area contributed by atoms with Gasteiger partial charge in [0.15, 0.2) is 0 Å². The van der Waals surface area contributed by atoms with Gasteiger partial charge in [-0.1, -0.05) is 0 Å². The van der Waals surface area contributed by atoms with E-state index in [1.165, 1.54) is 4.90 Å². The molecule has 0 radical (unpaired) electrons. The van der Waals surface area contributed by atoms with Crippen molar-refractivity contribution in [3.8, 4) is 0 Å². The van der Waals surface area contributed by atoms with E-state index in [1.54, 1.807) is 0 Å². The van der Waals surface area contributed by atoms with Crippen LogP contribution >= 0.6 is 0 Å². The second kappa shape index (κ2) is 4.11. The topological polar surface area (TPSA) is 72.3 Å². The fraction of sp³-hybridized carbons (Fsp3) is 0.833. The molecular formula is C6H15N3O. The lowest BCUT2D eigenvalue weighted by molar-refractivity contribution is 0.195. The molecule has 0 saturated carbocycles. The molecule has 0 heterocycles. The summed E-state index contributed by atoms with van der Waals surface area (Å²) in [4.78, 5) is 12.2. The summed E-state index contributed by atoms with van der Waals surface area (Å²) in [6.07, 6.45) is 0. The van der Waals surface area contributed by atoms with Crippen molar-refractivity contribution in [2.75, 3.05) is 13.1 Å². The third-order valence-corrected chi connectivity index (χ3v) is 1.28. The molecular weight excluding hydrogens is 130 g/mol. The van der Waals surface area contributed by atoms with Crippen LogP contribution in [0.2, 0.25) is 0 Å². The van der Waals surface area contributed by atoms with Crippen molar-refractivity contribution in [2.24, 2.45) is 11.5 Å². The van der Waals surface area contributed by atoms with E-state index < -0.39 is 6.03 Å². The highest BCUT2D eigenvalue weighted by Crippen LogP contribution is 1.94. The van der Waals surface area contributed by atoms with Crippen molar-refractivity contribution >= 4 is 6.03 Å². The molecule has 4 heteroatoms. The van der Waals surface area contributed by atoms with Crippen molar-refractivity contribution < 1.29 is 4.79 Å². The number of carbonyl (C=O) groups excluding carboxylic acids is 1. The highest BCUT2D eigenvalue weighted by atomic mass is 16.2. The summed E-state index contributed by atoms with van der Waals surface area (Å²) in [5, 5.41) is 0. The lowest BCUT2D eigenvalue weighted by Gasteiger charge is -2.23. The predicted molar refractivity (Wildman–Crippen MR) is 40.5 cm³/mol. The molecule has 4 nitrogen and oxygen atoms in total. The normalized spacial score (nSPS) is 10.0. The number of rotatable bonds is 3. The molecule has 0 fully saturated rings. The van der Waals surface area contributed by atoms with Gasteiger partial charge in [-0.25, -0.2) is 4.79 Å². The van der Waals surface area contributed by atoms with Gasteiger partial charge in [-0.2, -0.15) is 0 Å². The molecule has 0 aromatic carbocycles. The van der Waals surface area contributed by atoms with Gasteiger partial charge < -0.3 is 16.4 Å². The second-order valence-corrected chi connectivity index (χ2v) is 2.41. The highest BCUT2D eigenvalue weighted by Gasteiger charge is 2.10. The Hall–Kier alpha value is -0.770. The Morgan fingerprint density at radius 2 is 2.10 bits per heavy atom. The summed E-state index contributed by atoms with van der Waals surface area (Å²) in [7, 11) is 0. The summed E-state index contributed by atoms with van der Waals surface area (Å²) in [6.45, 7) is 4.80. The Morgan fingerprint density at radius 3 is 2.20 bits per heavy atom. The minimum absolute atomic E-state index is 0.140. The van der Waals surface area contributed by atoms with Crippen LogP contribution in [0.15, 0.2) is 0 Å². The summed E-state index contributed by atoms with van der Waals surface area (Å²) < 4.78 is 0. The molecule has 0 bridgehead atoms. The molecule has 0 atom stereocenters. The van der Waals surface area contributed by atoms with Gasteiger partial charge in [0.05, 0.1) is 0 Å². The number of nitrogens with two attached hydrogens (primary N) is 2. The number of amides is 2. The van der Waals surface area contributed by atoms with Crippen LogP contribution in [0.25, 0.3) is 0 Å². The molecule has 2 amide bonds. The Labute approximate surface area is 61.2 Å². The van der Waals surface area contributed by atoms with Crippen LogP contribution in [0.3, 0.4) is 0 Å². The summed E-state index contributed by atoms with van der Waals surface area (Å²) in [5.74, 6) is 0. The van der Waals surface area contributed by atoms with Gasteiger partial charge in [-0.15, -0.1) is 0 Å². The smallest absolute Gasteiger partial charge is 0.315 e. The molecule has 0 aliphatic rings. The molecule has 60 valence electrons. The number of nitrogens with zero attached hydrogens (tertiary/aromatic N) is 1. The predicted octanol–water partition coefficient (Wildman–Crippen LogP) is -0.266. The molecule has 0 aromatic heterocycles. The summed E-state index contributed by atoms with van der Waals surface area (Å²) in [6, 6.07) is -0.262. The first-order chi connectivity index (χ1) is 4.59. The van der Waals surface area contributed by atoms with Crippen molar-refractivity contribution in [3.05, 3.63) is 0 Å². The monoisotopic (exact) mass is 145 g/mol. The van der Waals surface area contributed by atoms with E-state index in [0.29, 0.717) is 13.1 Å². The zero-order chi connectivity index (χ0) is 8.15. The van der Waals surface area contributed by atoms with E-state index >= 15 is 0 Å². The standard InChI is InChI=1S/C6H15N3O/c1-5(2)9(4-3-7)6(8)10/h5H,3-4,7H2,1-2H3,(H2,8,10). The number of hydrogen-bond donors (Lipinski definition) is 2. The third kappa shape index (κ3) is 2.68. The average molecular weight is 145 g/mol. The molecule has 4 N–H and O–H groups in total. The number of hydrogen-bond acceptors (Lipinski definition) is 2. The first kappa shape index (κ1) is 9.23. The quantitative estimate of drug-likeness (QED) is 0.574. The molecule has 0 spiro atoms. The van der Waals surface area contributed by atoms with Crippen LogP contribution in [0.5, 0.6) is 0 Å². The third-order valence-electron chi connectivity index (χ3n) is 1.28.